The first kappa shape index (κ1) is 14.8. The van der Waals surface area contributed by atoms with Gasteiger partial charge in [-0.2, -0.15) is 0 Å². The molecule has 1 heterocycles. The van der Waals surface area contributed by atoms with Gasteiger partial charge in [0.1, 0.15) is 11.6 Å². The van der Waals surface area contributed by atoms with Crippen LogP contribution in [0.2, 0.25) is 0 Å². The van der Waals surface area contributed by atoms with Crippen LogP contribution < -0.4 is 4.74 Å². The van der Waals surface area contributed by atoms with Gasteiger partial charge in [0.2, 0.25) is 0 Å². The summed E-state index contributed by atoms with van der Waals surface area (Å²) in [5, 5.41) is 0. The van der Waals surface area contributed by atoms with Gasteiger partial charge in [0.15, 0.2) is 6.61 Å². The van der Waals surface area contributed by atoms with Gasteiger partial charge in [0, 0.05) is 26.8 Å². The van der Waals surface area contributed by atoms with E-state index in [4.69, 9.17) is 9.47 Å². The minimum Gasteiger partial charge on any atom is -0.484 e. The molecule has 0 aliphatic carbocycles. The van der Waals surface area contributed by atoms with Crippen molar-refractivity contribution in [3.63, 3.8) is 0 Å². The number of likely N-dealkylation sites (N-methyl/N-ethyl adjacent to an activating group) is 1. The Bertz CT molecular complexity index is 429. The molecule has 0 unspecified atom stereocenters. The molecule has 0 aromatic heterocycles. The molecule has 4 nitrogen and oxygen atoms in total. The maximum Gasteiger partial charge on any atom is 0.260 e. The Morgan fingerprint density at radius 2 is 2.00 bits per heavy atom. The summed E-state index contributed by atoms with van der Waals surface area (Å²) in [7, 11) is 1.78. The van der Waals surface area contributed by atoms with Crippen molar-refractivity contribution in [3.05, 3.63) is 30.1 Å². The number of halogens is 1. The summed E-state index contributed by atoms with van der Waals surface area (Å²) in [5.74, 6) is 0.615. The molecule has 20 heavy (non-hydrogen) atoms. The lowest BCUT2D eigenvalue weighted by Gasteiger charge is -2.27. The Morgan fingerprint density at radius 1 is 1.35 bits per heavy atom. The van der Waals surface area contributed by atoms with Gasteiger partial charge in [-0.05, 0) is 43.0 Å². The van der Waals surface area contributed by atoms with E-state index in [0.29, 0.717) is 11.7 Å². The first-order valence-corrected chi connectivity index (χ1v) is 6.85. The molecule has 5 heteroatoms. The zero-order chi connectivity index (χ0) is 14.4. The van der Waals surface area contributed by atoms with Crippen LogP contribution in [-0.4, -0.2) is 44.2 Å². The van der Waals surface area contributed by atoms with E-state index in [2.05, 4.69) is 0 Å². The fourth-order valence-corrected chi connectivity index (χ4v) is 2.20. The van der Waals surface area contributed by atoms with Crippen molar-refractivity contribution in [2.24, 2.45) is 5.92 Å². The highest BCUT2D eigenvalue weighted by Crippen LogP contribution is 2.16. The third kappa shape index (κ3) is 4.49. The molecule has 1 aromatic rings. The monoisotopic (exact) mass is 281 g/mol. The molecule has 1 fully saturated rings. The van der Waals surface area contributed by atoms with Crippen molar-refractivity contribution in [2.45, 2.75) is 12.8 Å². The van der Waals surface area contributed by atoms with Gasteiger partial charge in [-0.15, -0.1) is 0 Å². The smallest absolute Gasteiger partial charge is 0.260 e. The number of ether oxygens (including phenoxy) is 2. The van der Waals surface area contributed by atoms with E-state index in [0.717, 1.165) is 32.6 Å². The molecule has 0 atom stereocenters. The molecule has 0 saturated carbocycles. The summed E-state index contributed by atoms with van der Waals surface area (Å²) in [6, 6.07) is 5.65. The van der Waals surface area contributed by atoms with Crippen LogP contribution in [0.3, 0.4) is 0 Å². The van der Waals surface area contributed by atoms with Crippen LogP contribution in [0.5, 0.6) is 5.75 Å². The third-order valence-corrected chi connectivity index (χ3v) is 3.47. The Morgan fingerprint density at radius 3 is 2.65 bits per heavy atom. The lowest BCUT2D eigenvalue weighted by atomic mass is 10.00. The van der Waals surface area contributed by atoms with Crippen molar-refractivity contribution in [3.8, 4) is 5.75 Å². The zero-order valence-corrected chi connectivity index (χ0v) is 11.7. The summed E-state index contributed by atoms with van der Waals surface area (Å²) < 4.78 is 23.4. The Kier molecular flexibility index (Phi) is 5.35. The lowest BCUT2D eigenvalue weighted by Crippen LogP contribution is -2.36. The summed E-state index contributed by atoms with van der Waals surface area (Å²) in [6.07, 6.45) is 1.99. The summed E-state index contributed by atoms with van der Waals surface area (Å²) in [4.78, 5) is 13.6. The largest absolute Gasteiger partial charge is 0.484 e. The second kappa shape index (κ2) is 7.24. The molecule has 0 bridgehead atoms. The van der Waals surface area contributed by atoms with Crippen molar-refractivity contribution in [1.29, 1.82) is 0 Å². The van der Waals surface area contributed by atoms with Crippen LogP contribution in [0, 0.1) is 11.7 Å². The number of benzene rings is 1. The molecule has 0 spiro atoms. The molecule has 1 aliphatic rings. The molecule has 0 N–H and O–H groups in total. The predicted molar refractivity (Wildman–Crippen MR) is 73.1 cm³/mol. The van der Waals surface area contributed by atoms with E-state index in [9.17, 15) is 9.18 Å². The fourth-order valence-electron chi connectivity index (χ4n) is 2.20. The minimum absolute atomic E-state index is 0.0225. The van der Waals surface area contributed by atoms with Crippen molar-refractivity contribution < 1.29 is 18.7 Å². The Hall–Kier alpha value is -1.62. The van der Waals surface area contributed by atoms with Gasteiger partial charge in [0.05, 0.1) is 0 Å². The van der Waals surface area contributed by atoms with Crippen LogP contribution in [0.4, 0.5) is 4.39 Å². The lowest BCUT2D eigenvalue weighted by molar-refractivity contribution is -0.133. The van der Waals surface area contributed by atoms with E-state index in [1.807, 2.05) is 0 Å². The average Bonchev–Trinajstić information content (AvgIpc) is 2.47. The first-order chi connectivity index (χ1) is 9.65. The molecule has 1 saturated heterocycles. The van der Waals surface area contributed by atoms with Gasteiger partial charge in [-0.1, -0.05) is 0 Å². The molecule has 1 aliphatic heterocycles. The van der Waals surface area contributed by atoms with Gasteiger partial charge in [0.25, 0.3) is 5.91 Å². The van der Waals surface area contributed by atoms with Crippen LogP contribution in [0.15, 0.2) is 24.3 Å². The van der Waals surface area contributed by atoms with E-state index < -0.39 is 0 Å². The Labute approximate surface area is 118 Å². The number of carbonyl (C=O) groups is 1. The standard InChI is InChI=1S/C15H20FNO3/c1-17(10-12-6-8-19-9-7-12)15(18)11-20-14-4-2-13(16)3-5-14/h2-5,12H,6-11H2,1H3. The second-order valence-electron chi connectivity index (χ2n) is 5.07. The maximum atomic E-state index is 12.7. The number of rotatable bonds is 5. The van der Waals surface area contributed by atoms with Crippen LogP contribution in [0.25, 0.3) is 0 Å². The summed E-state index contributed by atoms with van der Waals surface area (Å²) >= 11 is 0. The van der Waals surface area contributed by atoms with Crippen LogP contribution >= 0.6 is 0 Å². The molecule has 2 rings (SSSR count). The minimum atomic E-state index is -0.319. The predicted octanol–water partition coefficient (Wildman–Crippen LogP) is 2.09. The van der Waals surface area contributed by atoms with Crippen LogP contribution in [-0.2, 0) is 9.53 Å². The molecule has 1 aromatic carbocycles. The SMILES string of the molecule is CN(CC1CCOCC1)C(=O)COc1ccc(F)cc1. The van der Waals surface area contributed by atoms with Gasteiger partial charge in [-0.25, -0.2) is 4.39 Å². The van der Waals surface area contributed by atoms with Crippen molar-refractivity contribution >= 4 is 5.91 Å². The quantitative estimate of drug-likeness (QED) is 0.829. The topological polar surface area (TPSA) is 38.8 Å². The average molecular weight is 281 g/mol. The van der Waals surface area contributed by atoms with Gasteiger partial charge in [-0.3, -0.25) is 4.79 Å². The van der Waals surface area contributed by atoms with E-state index in [-0.39, 0.29) is 18.3 Å². The van der Waals surface area contributed by atoms with E-state index >= 15 is 0 Å². The third-order valence-electron chi connectivity index (χ3n) is 3.47. The Balaban J connectivity index is 1.74. The number of carbonyl (C=O) groups excluding carboxylic acids is 1. The van der Waals surface area contributed by atoms with E-state index in [1.165, 1.54) is 24.3 Å². The normalized spacial score (nSPS) is 15.9. The number of hydrogen-bond acceptors (Lipinski definition) is 3. The maximum absolute atomic E-state index is 12.7. The molecular weight excluding hydrogens is 261 g/mol. The highest BCUT2D eigenvalue weighted by atomic mass is 19.1. The highest BCUT2D eigenvalue weighted by Gasteiger charge is 2.18. The van der Waals surface area contributed by atoms with Crippen molar-refractivity contribution in [2.75, 3.05) is 33.4 Å². The van der Waals surface area contributed by atoms with E-state index in [1.54, 1.807) is 11.9 Å². The number of hydrogen-bond donors (Lipinski definition) is 0. The summed E-state index contributed by atoms with van der Waals surface area (Å²) in [6.45, 7) is 2.26. The molecular formula is C15H20FNO3. The molecule has 1 amide bonds. The molecule has 110 valence electrons. The van der Waals surface area contributed by atoms with Crippen LogP contribution in [0.1, 0.15) is 12.8 Å². The fraction of sp³-hybridized carbons (Fsp3) is 0.533. The highest BCUT2D eigenvalue weighted by molar-refractivity contribution is 5.77. The number of nitrogens with zero attached hydrogens (tertiary/aromatic N) is 1. The van der Waals surface area contributed by atoms with Gasteiger partial charge < -0.3 is 14.4 Å². The zero-order valence-electron chi connectivity index (χ0n) is 11.7. The van der Waals surface area contributed by atoms with Gasteiger partial charge >= 0.3 is 0 Å². The molecule has 0 radical (unpaired) electrons. The second-order valence-corrected chi connectivity index (χ2v) is 5.07. The summed E-state index contributed by atoms with van der Waals surface area (Å²) in [5.41, 5.74) is 0. The first-order valence-electron chi connectivity index (χ1n) is 6.85. The van der Waals surface area contributed by atoms with Crippen molar-refractivity contribution in [1.82, 2.24) is 4.90 Å². The number of amides is 1.